The number of carbonyl (C=O) groups is 1. The van der Waals surface area contributed by atoms with Crippen LogP contribution >= 0.6 is 0 Å². The Hall–Kier alpha value is -0.780. The number of hydrogen-bond acceptors (Lipinski definition) is 3. The average molecular weight is 171 g/mol. The number of methoxy groups -OCH3 is 1. The summed E-state index contributed by atoms with van der Waals surface area (Å²) in [5.41, 5.74) is 4.82. The minimum Gasteiger partial charge on any atom is -0.468 e. The summed E-state index contributed by atoms with van der Waals surface area (Å²) in [6, 6.07) is -1.61. The fourth-order valence-corrected chi connectivity index (χ4v) is 0.484. The fourth-order valence-electron chi connectivity index (χ4n) is 0.484. The van der Waals surface area contributed by atoms with E-state index in [9.17, 15) is 18.0 Å². The van der Waals surface area contributed by atoms with Crippen molar-refractivity contribution in [2.24, 2.45) is 5.73 Å². The zero-order valence-electron chi connectivity index (χ0n) is 5.81. The van der Waals surface area contributed by atoms with Crippen molar-refractivity contribution in [1.29, 1.82) is 0 Å². The summed E-state index contributed by atoms with van der Waals surface area (Å²) >= 11 is 0. The van der Waals surface area contributed by atoms with Gasteiger partial charge in [0.25, 0.3) is 0 Å². The fraction of sp³-hybridized carbons (Fsp3) is 0.800. The molecule has 1 atom stereocenters. The SMILES string of the molecule is COC(=O)C(N)CC(F)(F)F. The summed E-state index contributed by atoms with van der Waals surface area (Å²) in [5, 5.41) is 0. The molecule has 0 spiro atoms. The zero-order chi connectivity index (χ0) is 9.07. The number of ether oxygens (including phenoxy) is 1. The second-order valence-electron chi connectivity index (χ2n) is 1.95. The van der Waals surface area contributed by atoms with Gasteiger partial charge in [-0.05, 0) is 0 Å². The molecule has 0 rings (SSSR count). The topological polar surface area (TPSA) is 52.3 Å². The van der Waals surface area contributed by atoms with E-state index < -0.39 is 24.6 Å². The lowest BCUT2D eigenvalue weighted by Crippen LogP contribution is -2.36. The third-order valence-corrected chi connectivity index (χ3v) is 0.955. The summed E-state index contributed by atoms with van der Waals surface area (Å²) in [6.07, 6.45) is -5.77. The van der Waals surface area contributed by atoms with E-state index in [1.165, 1.54) is 0 Å². The van der Waals surface area contributed by atoms with E-state index in [0.29, 0.717) is 0 Å². The van der Waals surface area contributed by atoms with Crippen LogP contribution in [0.2, 0.25) is 0 Å². The zero-order valence-corrected chi connectivity index (χ0v) is 5.81. The summed E-state index contributed by atoms with van der Waals surface area (Å²) < 4.78 is 38.5. The Morgan fingerprint density at radius 1 is 1.64 bits per heavy atom. The van der Waals surface area contributed by atoms with Crippen molar-refractivity contribution in [3.8, 4) is 0 Å². The van der Waals surface area contributed by atoms with Crippen molar-refractivity contribution >= 4 is 5.97 Å². The first-order valence-electron chi connectivity index (χ1n) is 2.77. The third kappa shape index (κ3) is 4.60. The Bertz CT molecular complexity index is 145. The highest BCUT2D eigenvalue weighted by Crippen LogP contribution is 2.20. The normalized spacial score (nSPS) is 14.3. The molecule has 2 N–H and O–H groups in total. The highest BCUT2D eigenvalue weighted by molar-refractivity contribution is 5.75. The maximum atomic E-state index is 11.5. The van der Waals surface area contributed by atoms with E-state index in [1.807, 2.05) is 0 Å². The molecule has 0 aliphatic rings. The smallest absolute Gasteiger partial charge is 0.391 e. The van der Waals surface area contributed by atoms with Crippen LogP contribution in [0, 0.1) is 0 Å². The van der Waals surface area contributed by atoms with Gasteiger partial charge in [0.15, 0.2) is 0 Å². The van der Waals surface area contributed by atoms with Crippen molar-refractivity contribution in [3.63, 3.8) is 0 Å². The molecule has 0 heterocycles. The van der Waals surface area contributed by atoms with Crippen LogP contribution in [-0.2, 0) is 9.53 Å². The number of carbonyl (C=O) groups excluding carboxylic acids is 1. The Kier molecular flexibility index (Phi) is 3.31. The second kappa shape index (κ2) is 3.56. The molecule has 0 aromatic carbocycles. The van der Waals surface area contributed by atoms with Gasteiger partial charge in [-0.15, -0.1) is 0 Å². The number of alkyl halides is 3. The molecular weight excluding hydrogens is 163 g/mol. The summed E-state index contributed by atoms with van der Waals surface area (Å²) in [4.78, 5) is 10.3. The number of rotatable bonds is 2. The lowest BCUT2D eigenvalue weighted by atomic mass is 10.2. The molecule has 3 nitrogen and oxygen atoms in total. The molecule has 66 valence electrons. The summed E-state index contributed by atoms with van der Waals surface area (Å²) in [5.74, 6) is -1.05. The molecular formula is C5H8F3NO2. The largest absolute Gasteiger partial charge is 0.468 e. The van der Waals surface area contributed by atoms with Gasteiger partial charge >= 0.3 is 12.1 Å². The Labute approximate surface area is 61.3 Å². The molecule has 0 saturated carbocycles. The summed E-state index contributed by atoms with van der Waals surface area (Å²) in [6.45, 7) is 0. The third-order valence-electron chi connectivity index (χ3n) is 0.955. The van der Waals surface area contributed by atoms with Crippen molar-refractivity contribution < 1.29 is 22.7 Å². The average Bonchev–Trinajstić information content (AvgIpc) is 1.82. The minimum atomic E-state index is -4.42. The van der Waals surface area contributed by atoms with E-state index >= 15 is 0 Å². The molecule has 0 aliphatic heterocycles. The van der Waals surface area contributed by atoms with Crippen molar-refractivity contribution in [1.82, 2.24) is 0 Å². The monoisotopic (exact) mass is 171 g/mol. The van der Waals surface area contributed by atoms with Crippen LogP contribution in [0.25, 0.3) is 0 Å². The number of hydrogen-bond donors (Lipinski definition) is 1. The van der Waals surface area contributed by atoms with Gasteiger partial charge in [0.2, 0.25) is 0 Å². The highest BCUT2D eigenvalue weighted by Gasteiger charge is 2.33. The first-order chi connectivity index (χ1) is 4.87. The molecule has 0 radical (unpaired) electrons. The Balaban J connectivity index is 3.87. The van der Waals surface area contributed by atoms with Crippen LogP contribution in [0.3, 0.4) is 0 Å². The lowest BCUT2D eigenvalue weighted by molar-refractivity contribution is -0.158. The predicted octanol–water partition coefficient (Wildman–Crippen LogP) is 0.439. The molecule has 0 aromatic heterocycles. The van der Waals surface area contributed by atoms with E-state index in [0.717, 1.165) is 7.11 Å². The van der Waals surface area contributed by atoms with Crippen LogP contribution < -0.4 is 5.73 Å². The Morgan fingerprint density at radius 3 is 2.36 bits per heavy atom. The van der Waals surface area contributed by atoms with E-state index in [2.05, 4.69) is 4.74 Å². The number of halogens is 3. The first kappa shape index (κ1) is 10.2. The van der Waals surface area contributed by atoms with E-state index in [-0.39, 0.29) is 0 Å². The van der Waals surface area contributed by atoms with Gasteiger partial charge in [0, 0.05) is 0 Å². The molecule has 0 bridgehead atoms. The lowest BCUT2D eigenvalue weighted by Gasteiger charge is -2.10. The van der Waals surface area contributed by atoms with Crippen molar-refractivity contribution in [3.05, 3.63) is 0 Å². The van der Waals surface area contributed by atoms with Gasteiger partial charge < -0.3 is 10.5 Å². The Morgan fingerprint density at radius 2 is 2.09 bits per heavy atom. The molecule has 6 heteroatoms. The number of nitrogens with two attached hydrogens (primary N) is 1. The predicted molar refractivity (Wildman–Crippen MR) is 30.7 cm³/mol. The molecule has 0 amide bonds. The van der Waals surface area contributed by atoms with Crippen molar-refractivity contribution in [2.45, 2.75) is 18.6 Å². The van der Waals surface area contributed by atoms with Crippen LogP contribution in [0.1, 0.15) is 6.42 Å². The van der Waals surface area contributed by atoms with Gasteiger partial charge in [0.1, 0.15) is 6.04 Å². The van der Waals surface area contributed by atoms with Crippen LogP contribution in [0.4, 0.5) is 13.2 Å². The molecule has 0 aromatic rings. The molecule has 1 unspecified atom stereocenters. The molecule has 0 aliphatic carbocycles. The molecule has 0 saturated heterocycles. The highest BCUT2D eigenvalue weighted by atomic mass is 19.4. The number of esters is 1. The van der Waals surface area contributed by atoms with Gasteiger partial charge in [-0.1, -0.05) is 0 Å². The first-order valence-corrected chi connectivity index (χ1v) is 2.77. The van der Waals surface area contributed by atoms with Gasteiger partial charge in [-0.25, -0.2) is 0 Å². The molecule has 0 fully saturated rings. The van der Waals surface area contributed by atoms with Crippen LogP contribution in [0.15, 0.2) is 0 Å². The van der Waals surface area contributed by atoms with Crippen LogP contribution in [0.5, 0.6) is 0 Å². The molecule has 11 heavy (non-hydrogen) atoms. The van der Waals surface area contributed by atoms with Gasteiger partial charge in [-0.2, -0.15) is 13.2 Å². The minimum absolute atomic E-state index is 0.985. The maximum absolute atomic E-state index is 11.5. The van der Waals surface area contributed by atoms with E-state index in [1.54, 1.807) is 0 Å². The van der Waals surface area contributed by atoms with Gasteiger partial charge in [-0.3, -0.25) is 4.79 Å². The summed E-state index contributed by atoms with van der Waals surface area (Å²) in [7, 11) is 0.985. The van der Waals surface area contributed by atoms with Crippen molar-refractivity contribution in [2.75, 3.05) is 7.11 Å². The van der Waals surface area contributed by atoms with Crippen LogP contribution in [-0.4, -0.2) is 25.3 Å². The van der Waals surface area contributed by atoms with E-state index in [4.69, 9.17) is 5.73 Å². The standard InChI is InChI=1S/C5H8F3NO2/c1-11-4(10)3(9)2-5(6,7)8/h3H,2,9H2,1H3. The van der Waals surface area contributed by atoms with Gasteiger partial charge in [0.05, 0.1) is 13.5 Å². The maximum Gasteiger partial charge on any atom is 0.391 e. The quantitative estimate of drug-likeness (QED) is 0.613. The second-order valence-corrected chi connectivity index (χ2v) is 1.95.